The average Bonchev–Trinajstić information content (AvgIpc) is 2.80. The maximum Gasteiger partial charge on any atom is -0.0257 e. The van der Waals surface area contributed by atoms with Crippen LogP contribution >= 0.6 is 0 Å². The van der Waals surface area contributed by atoms with Crippen LogP contribution in [0.25, 0.3) is 0 Å². The minimum Gasteiger partial charge on any atom is -0.0683 e. The van der Waals surface area contributed by atoms with Crippen LogP contribution in [-0.2, 0) is 0 Å². The van der Waals surface area contributed by atoms with Crippen LogP contribution < -0.4 is 0 Å². The second kappa shape index (κ2) is 24.1. The van der Waals surface area contributed by atoms with E-state index in [0.717, 1.165) is 0 Å². The van der Waals surface area contributed by atoms with Gasteiger partial charge in [0, 0.05) is 0 Å². The summed E-state index contributed by atoms with van der Waals surface area (Å²) in [7, 11) is 0. The Hall–Kier alpha value is -1.56. The third kappa shape index (κ3) is 22.6. The predicted molar refractivity (Wildman–Crippen MR) is 170 cm³/mol. The van der Waals surface area contributed by atoms with Crippen LogP contribution in [0, 0.1) is 43.9 Å². The Morgan fingerprint density at radius 3 is 0.714 bits per heavy atom. The van der Waals surface area contributed by atoms with Gasteiger partial charge in [-0.1, -0.05) is 182 Å². The van der Waals surface area contributed by atoms with Crippen molar-refractivity contribution in [3.8, 4) is 0 Å². The number of hydrogen-bond acceptors (Lipinski definition) is 0. The summed E-state index contributed by atoms with van der Waals surface area (Å²) in [4.78, 5) is 0. The Bertz CT molecular complexity index is 604. The van der Waals surface area contributed by atoms with E-state index in [-0.39, 0.29) is 0 Å². The molecule has 0 fully saturated rings. The van der Waals surface area contributed by atoms with Crippen molar-refractivity contribution in [2.75, 3.05) is 0 Å². The standard InChI is InChI=1S/C11H24.2C8H10.4C2H6/c1-9(2,3)11(7,8)10(4,5)6;1-7-3-5-8(2)6-4-7;1-7-4-3-5-8(2)6-7;4*1-2/h1-8H3;2*3-6H,1-2H3;4*1-2H3. The van der Waals surface area contributed by atoms with E-state index in [1.165, 1.54) is 22.3 Å². The van der Waals surface area contributed by atoms with Crippen molar-refractivity contribution < 1.29 is 0 Å². The molecule has 0 heterocycles. The minimum absolute atomic E-state index is 0.375. The molecule has 0 aliphatic heterocycles. The van der Waals surface area contributed by atoms with Crippen molar-refractivity contribution in [2.45, 2.75) is 138 Å². The molecule has 2 aromatic rings. The lowest BCUT2D eigenvalue weighted by Crippen LogP contribution is -2.41. The zero-order chi connectivity index (χ0) is 29.5. The average molecular weight is 489 g/mol. The molecule has 0 saturated carbocycles. The molecule has 0 bridgehead atoms. The van der Waals surface area contributed by atoms with Gasteiger partial charge in [-0.05, 0) is 43.9 Å². The van der Waals surface area contributed by atoms with Crippen LogP contribution in [-0.4, -0.2) is 0 Å². The molecule has 35 heavy (non-hydrogen) atoms. The highest BCUT2D eigenvalue weighted by atomic mass is 14.5. The molecule has 0 radical (unpaired) electrons. The molecule has 208 valence electrons. The van der Waals surface area contributed by atoms with Gasteiger partial charge in [-0.2, -0.15) is 0 Å². The predicted octanol–water partition coefficient (Wildman–Crippen LogP) is 12.8. The van der Waals surface area contributed by atoms with Crippen molar-refractivity contribution in [3.05, 3.63) is 70.8 Å². The van der Waals surface area contributed by atoms with Crippen LogP contribution in [0.3, 0.4) is 0 Å². The number of benzene rings is 2. The first-order valence-corrected chi connectivity index (χ1v) is 14.1. The smallest absolute Gasteiger partial charge is 0.0257 e. The Morgan fingerprint density at radius 2 is 0.600 bits per heavy atom. The van der Waals surface area contributed by atoms with E-state index in [1.54, 1.807) is 0 Å². The monoisotopic (exact) mass is 489 g/mol. The molecule has 2 rings (SSSR count). The summed E-state index contributed by atoms with van der Waals surface area (Å²) in [5.74, 6) is 0. The molecule has 0 aliphatic carbocycles. The van der Waals surface area contributed by atoms with Gasteiger partial charge in [-0.3, -0.25) is 0 Å². The van der Waals surface area contributed by atoms with E-state index >= 15 is 0 Å². The van der Waals surface area contributed by atoms with E-state index in [1.807, 2.05) is 55.4 Å². The van der Waals surface area contributed by atoms with E-state index in [0.29, 0.717) is 16.2 Å². The van der Waals surface area contributed by atoms with Gasteiger partial charge in [-0.15, -0.1) is 0 Å². The van der Waals surface area contributed by atoms with Crippen LogP contribution in [0.15, 0.2) is 48.5 Å². The number of hydrogen-bond donors (Lipinski definition) is 0. The van der Waals surface area contributed by atoms with Gasteiger partial charge in [0.2, 0.25) is 0 Å². The molecule has 2 aromatic carbocycles. The third-order valence-electron chi connectivity index (χ3n) is 6.14. The Balaban J connectivity index is -0.000000113. The molecule has 0 amide bonds. The SMILES string of the molecule is CC.CC.CC.CC.CC(C)(C)C(C)(C)C(C)(C)C.Cc1ccc(C)cc1.Cc1cccc(C)c1. The highest BCUT2D eigenvalue weighted by Gasteiger charge is 2.42. The normalized spacial score (nSPS) is 9.71. The van der Waals surface area contributed by atoms with Gasteiger partial charge >= 0.3 is 0 Å². The highest BCUT2D eigenvalue weighted by molar-refractivity contribution is 5.20. The van der Waals surface area contributed by atoms with Crippen LogP contribution in [0.5, 0.6) is 0 Å². The third-order valence-corrected chi connectivity index (χ3v) is 6.14. The summed E-state index contributed by atoms with van der Waals surface area (Å²) in [6.45, 7) is 43.0. The van der Waals surface area contributed by atoms with E-state index in [9.17, 15) is 0 Å². The van der Waals surface area contributed by atoms with E-state index in [2.05, 4.69) is 132 Å². The van der Waals surface area contributed by atoms with Crippen LogP contribution in [0.2, 0.25) is 0 Å². The van der Waals surface area contributed by atoms with Crippen LogP contribution in [0.1, 0.15) is 133 Å². The lowest BCUT2D eigenvalue weighted by atomic mass is 9.56. The van der Waals surface area contributed by atoms with Gasteiger partial charge in [0.1, 0.15) is 0 Å². The largest absolute Gasteiger partial charge is 0.0683 e. The zero-order valence-electron chi connectivity index (χ0n) is 28.1. The van der Waals surface area contributed by atoms with Crippen molar-refractivity contribution in [2.24, 2.45) is 16.2 Å². The molecule has 0 heteroatoms. The summed E-state index contributed by atoms with van der Waals surface area (Å²) in [6.07, 6.45) is 0. The van der Waals surface area contributed by atoms with Gasteiger partial charge in [-0.25, -0.2) is 0 Å². The molecular weight excluding hydrogens is 420 g/mol. The number of rotatable bonds is 0. The molecular formula is C35H68. The molecule has 0 aliphatic rings. The zero-order valence-corrected chi connectivity index (χ0v) is 28.1. The Kier molecular flexibility index (Phi) is 30.0. The molecule has 0 nitrogen and oxygen atoms in total. The summed E-state index contributed by atoms with van der Waals surface area (Å²) in [6, 6.07) is 16.9. The molecule has 0 unspecified atom stereocenters. The van der Waals surface area contributed by atoms with Gasteiger partial charge < -0.3 is 0 Å². The molecule has 0 N–H and O–H groups in total. The number of aryl methyl sites for hydroxylation is 4. The molecule has 0 atom stereocenters. The van der Waals surface area contributed by atoms with Gasteiger partial charge in [0.15, 0.2) is 0 Å². The Labute approximate surface area is 225 Å². The second-order valence-corrected chi connectivity index (χ2v) is 10.4. The van der Waals surface area contributed by atoms with Crippen LogP contribution in [0.4, 0.5) is 0 Å². The quantitative estimate of drug-likeness (QED) is 0.346. The fourth-order valence-corrected chi connectivity index (χ4v) is 2.57. The maximum atomic E-state index is 2.35. The first-order chi connectivity index (χ1) is 16.1. The van der Waals surface area contributed by atoms with Gasteiger partial charge in [0.05, 0.1) is 0 Å². The van der Waals surface area contributed by atoms with Crippen molar-refractivity contribution >= 4 is 0 Å². The Morgan fingerprint density at radius 1 is 0.371 bits per heavy atom. The van der Waals surface area contributed by atoms with Crippen molar-refractivity contribution in [1.29, 1.82) is 0 Å². The molecule has 0 saturated heterocycles. The van der Waals surface area contributed by atoms with Crippen molar-refractivity contribution in [1.82, 2.24) is 0 Å². The minimum atomic E-state index is 0.375. The topological polar surface area (TPSA) is 0 Å². The fraction of sp³-hybridized carbons (Fsp3) is 0.657. The summed E-state index contributed by atoms with van der Waals surface area (Å²) in [5, 5.41) is 0. The van der Waals surface area contributed by atoms with E-state index < -0.39 is 0 Å². The second-order valence-electron chi connectivity index (χ2n) is 10.4. The van der Waals surface area contributed by atoms with Crippen molar-refractivity contribution in [3.63, 3.8) is 0 Å². The lowest BCUT2D eigenvalue weighted by Gasteiger charge is -2.49. The fourth-order valence-electron chi connectivity index (χ4n) is 2.57. The van der Waals surface area contributed by atoms with Gasteiger partial charge in [0.25, 0.3) is 0 Å². The summed E-state index contributed by atoms with van der Waals surface area (Å²) >= 11 is 0. The maximum absolute atomic E-state index is 2.35. The highest BCUT2D eigenvalue weighted by Crippen LogP contribution is 2.50. The summed E-state index contributed by atoms with van der Waals surface area (Å²) in [5.41, 5.74) is 6.47. The first-order valence-electron chi connectivity index (χ1n) is 14.1. The summed E-state index contributed by atoms with van der Waals surface area (Å²) < 4.78 is 0. The molecule has 0 spiro atoms. The lowest BCUT2D eigenvalue weighted by molar-refractivity contribution is 0.00575. The molecule has 0 aromatic heterocycles. The first kappa shape index (κ1) is 43.5. The van der Waals surface area contributed by atoms with E-state index in [4.69, 9.17) is 0 Å².